The fourth-order valence-electron chi connectivity index (χ4n) is 1.70. The van der Waals surface area contributed by atoms with Crippen LogP contribution < -0.4 is 10.0 Å². The van der Waals surface area contributed by atoms with Gasteiger partial charge in [0.25, 0.3) is 0 Å². The Balaban J connectivity index is 2.26. The Morgan fingerprint density at radius 3 is 2.82 bits per heavy atom. The Bertz CT molecular complexity index is 552. The zero-order valence-electron chi connectivity index (χ0n) is 9.49. The fraction of sp³-hybridized carbons (Fsp3) is 0.364. The Kier molecular flexibility index (Phi) is 3.06. The quantitative estimate of drug-likeness (QED) is 0.854. The molecule has 0 bridgehead atoms. The van der Waals surface area contributed by atoms with E-state index in [0.29, 0.717) is 18.5 Å². The summed E-state index contributed by atoms with van der Waals surface area (Å²) >= 11 is 0. The van der Waals surface area contributed by atoms with Crippen molar-refractivity contribution in [2.45, 2.75) is 19.8 Å². The molecule has 0 unspecified atom stereocenters. The first-order chi connectivity index (χ1) is 8.00. The van der Waals surface area contributed by atoms with Gasteiger partial charge in [0.05, 0.1) is 5.75 Å². The molecule has 0 radical (unpaired) electrons. The van der Waals surface area contributed by atoms with E-state index in [1.807, 2.05) is 0 Å². The highest BCUT2D eigenvalue weighted by Crippen LogP contribution is 2.26. The summed E-state index contributed by atoms with van der Waals surface area (Å²) in [7, 11) is -3.25. The maximum Gasteiger partial charge on any atom is 0.232 e. The first-order valence-corrected chi connectivity index (χ1v) is 7.08. The van der Waals surface area contributed by atoms with Gasteiger partial charge in [-0.25, -0.2) is 8.42 Å². The molecular weight excluding hydrogens is 240 g/mol. The molecule has 1 aromatic rings. The van der Waals surface area contributed by atoms with Crippen molar-refractivity contribution in [1.82, 2.24) is 0 Å². The molecule has 0 atom stereocenters. The van der Waals surface area contributed by atoms with Crippen LogP contribution in [0, 0.1) is 0 Å². The largest absolute Gasteiger partial charge is 0.326 e. The normalized spacial score (nSPS) is 15.0. The van der Waals surface area contributed by atoms with Gasteiger partial charge >= 0.3 is 0 Å². The third-order valence-corrected chi connectivity index (χ3v) is 3.96. The second-order valence-corrected chi connectivity index (χ2v) is 5.94. The molecule has 0 saturated heterocycles. The van der Waals surface area contributed by atoms with Crippen molar-refractivity contribution < 1.29 is 13.2 Å². The summed E-state index contributed by atoms with van der Waals surface area (Å²) < 4.78 is 25.3. The van der Waals surface area contributed by atoms with Crippen molar-refractivity contribution >= 4 is 27.3 Å². The zero-order chi connectivity index (χ0) is 12.5. The van der Waals surface area contributed by atoms with Crippen molar-refractivity contribution in [2.75, 3.05) is 15.8 Å². The molecule has 6 heteroatoms. The van der Waals surface area contributed by atoms with Gasteiger partial charge in [0.15, 0.2) is 0 Å². The number of carbonyl (C=O) groups is 1. The molecule has 17 heavy (non-hydrogen) atoms. The number of nitrogens with one attached hydrogen (secondary N) is 2. The lowest BCUT2D eigenvalue weighted by Gasteiger charge is -2.17. The van der Waals surface area contributed by atoms with Gasteiger partial charge < -0.3 is 5.32 Å². The molecule has 1 aliphatic rings. The van der Waals surface area contributed by atoms with Crippen LogP contribution in [0.2, 0.25) is 0 Å². The maximum atomic E-state index is 11.4. The molecule has 0 aromatic heterocycles. The second-order valence-electron chi connectivity index (χ2n) is 3.93. The van der Waals surface area contributed by atoms with Crippen LogP contribution in [-0.4, -0.2) is 20.1 Å². The smallest absolute Gasteiger partial charge is 0.232 e. The lowest BCUT2D eigenvalue weighted by Crippen LogP contribution is -2.19. The molecule has 92 valence electrons. The first-order valence-electron chi connectivity index (χ1n) is 5.43. The molecular formula is C11H14N2O3S. The number of carbonyl (C=O) groups excluding carboxylic acids is 1. The average Bonchev–Trinajstić information content (AvgIpc) is 2.29. The summed E-state index contributed by atoms with van der Waals surface area (Å²) in [5, 5.41) is 2.75. The van der Waals surface area contributed by atoms with Gasteiger partial charge in [0, 0.05) is 17.8 Å². The van der Waals surface area contributed by atoms with Crippen LogP contribution in [0.5, 0.6) is 0 Å². The zero-order valence-corrected chi connectivity index (χ0v) is 10.3. The van der Waals surface area contributed by atoms with Gasteiger partial charge in [0.1, 0.15) is 0 Å². The number of rotatable bonds is 3. The van der Waals surface area contributed by atoms with Crippen LogP contribution in [0.15, 0.2) is 18.2 Å². The maximum absolute atomic E-state index is 11.4. The Hall–Kier alpha value is -1.56. The van der Waals surface area contributed by atoms with Crippen molar-refractivity contribution in [3.8, 4) is 0 Å². The minimum atomic E-state index is -3.25. The SMILES string of the molecule is CCS(=O)(=O)Nc1ccc2c(c1)CCC(=O)N2. The first kappa shape index (κ1) is 11.9. The lowest BCUT2D eigenvalue weighted by molar-refractivity contribution is -0.116. The van der Waals surface area contributed by atoms with Crippen molar-refractivity contribution in [3.05, 3.63) is 23.8 Å². The van der Waals surface area contributed by atoms with E-state index in [0.717, 1.165) is 11.3 Å². The summed E-state index contributed by atoms with van der Waals surface area (Å²) in [6, 6.07) is 5.14. The Labute approximate surface area is 100 Å². The summed E-state index contributed by atoms with van der Waals surface area (Å²) in [6.45, 7) is 1.58. The molecule has 0 aliphatic carbocycles. The average molecular weight is 254 g/mol. The van der Waals surface area contributed by atoms with Crippen LogP contribution >= 0.6 is 0 Å². The number of hydrogen-bond donors (Lipinski definition) is 2. The van der Waals surface area contributed by atoms with Gasteiger partial charge in [-0.05, 0) is 37.1 Å². The molecule has 0 spiro atoms. The van der Waals surface area contributed by atoms with E-state index >= 15 is 0 Å². The number of aryl methyl sites for hydroxylation is 1. The predicted octanol–water partition coefficient (Wildman–Crippen LogP) is 1.33. The number of benzene rings is 1. The molecule has 1 aliphatic heterocycles. The molecule has 2 N–H and O–H groups in total. The van der Waals surface area contributed by atoms with E-state index in [4.69, 9.17) is 0 Å². The minimum absolute atomic E-state index is 0.000566. The monoisotopic (exact) mass is 254 g/mol. The standard InChI is InChI=1S/C11H14N2O3S/c1-2-17(15,16)13-9-4-5-10-8(7-9)3-6-11(14)12-10/h4-5,7,13H,2-3,6H2,1H3,(H,12,14). The van der Waals surface area contributed by atoms with E-state index < -0.39 is 10.0 Å². The Morgan fingerprint density at radius 1 is 1.35 bits per heavy atom. The van der Waals surface area contributed by atoms with E-state index in [-0.39, 0.29) is 11.7 Å². The Morgan fingerprint density at radius 2 is 2.12 bits per heavy atom. The highest BCUT2D eigenvalue weighted by Gasteiger charge is 2.15. The molecule has 2 rings (SSSR count). The number of amides is 1. The van der Waals surface area contributed by atoms with Crippen LogP contribution in [-0.2, 0) is 21.2 Å². The highest BCUT2D eigenvalue weighted by atomic mass is 32.2. The van der Waals surface area contributed by atoms with Gasteiger partial charge in [-0.15, -0.1) is 0 Å². The number of sulfonamides is 1. The van der Waals surface area contributed by atoms with E-state index in [9.17, 15) is 13.2 Å². The minimum Gasteiger partial charge on any atom is -0.326 e. The van der Waals surface area contributed by atoms with Crippen LogP contribution in [0.25, 0.3) is 0 Å². The lowest BCUT2D eigenvalue weighted by atomic mass is 10.0. The van der Waals surface area contributed by atoms with Gasteiger partial charge in [-0.2, -0.15) is 0 Å². The van der Waals surface area contributed by atoms with Gasteiger partial charge in [-0.3, -0.25) is 9.52 Å². The van der Waals surface area contributed by atoms with Crippen molar-refractivity contribution in [1.29, 1.82) is 0 Å². The van der Waals surface area contributed by atoms with Crippen LogP contribution in [0.1, 0.15) is 18.9 Å². The van der Waals surface area contributed by atoms with Crippen molar-refractivity contribution in [3.63, 3.8) is 0 Å². The molecule has 5 nitrogen and oxygen atoms in total. The predicted molar refractivity (Wildman–Crippen MR) is 66.5 cm³/mol. The van der Waals surface area contributed by atoms with E-state index in [1.165, 1.54) is 0 Å². The van der Waals surface area contributed by atoms with Crippen LogP contribution in [0.3, 0.4) is 0 Å². The summed E-state index contributed by atoms with van der Waals surface area (Å²) in [5.74, 6) is 0.0419. The second kappa shape index (κ2) is 4.37. The summed E-state index contributed by atoms with van der Waals surface area (Å²) in [5.41, 5.74) is 2.27. The number of hydrogen-bond acceptors (Lipinski definition) is 3. The molecule has 1 aromatic carbocycles. The molecule has 1 amide bonds. The fourth-order valence-corrected chi connectivity index (χ4v) is 2.33. The van der Waals surface area contributed by atoms with Gasteiger partial charge in [-0.1, -0.05) is 0 Å². The third kappa shape index (κ3) is 2.76. The highest BCUT2D eigenvalue weighted by molar-refractivity contribution is 7.92. The summed E-state index contributed by atoms with van der Waals surface area (Å²) in [6.07, 6.45) is 1.08. The molecule has 0 fully saturated rings. The van der Waals surface area contributed by atoms with Crippen LogP contribution in [0.4, 0.5) is 11.4 Å². The van der Waals surface area contributed by atoms with Crippen molar-refractivity contribution in [2.24, 2.45) is 0 Å². The van der Waals surface area contributed by atoms with E-state index in [2.05, 4.69) is 10.0 Å². The molecule has 1 heterocycles. The summed E-state index contributed by atoms with van der Waals surface area (Å²) in [4.78, 5) is 11.2. The third-order valence-electron chi connectivity index (χ3n) is 2.65. The number of anilines is 2. The topological polar surface area (TPSA) is 75.3 Å². The number of fused-ring (bicyclic) bond motifs is 1. The molecule has 0 saturated carbocycles. The van der Waals surface area contributed by atoms with E-state index in [1.54, 1.807) is 25.1 Å². The van der Waals surface area contributed by atoms with Gasteiger partial charge in [0.2, 0.25) is 15.9 Å².